The Kier molecular flexibility index (Phi) is 7.57. The molecule has 1 unspecified atom stereocenters. The number of hydrogen-bond donors (Lipinski definition) is 2. The van der Waals surface area contributed by atoms with Gasteiger partial charge in [-0.25, -0.2) is 0 Å². The van der Waals surface area contributed by atoms with Gasteiger partial charge in [-0.05, 0) is 47.7 Å². The fourth-order valence-electron chi connectivity index (χ4n) is 4.59. The van der Waals surface area contributed by atoms with Gasteiger partial charge < -0.3 is 10.2 Å². The number of unbranched alkanes of at least 4 members (excludes halogenated alkanes) is 6. The second-order valence-electron chi connectivity index (χ2n) is 8.22. The number of benzene rings is 2. The quantitative estimate of drug-likeness (QED) is 0.419. The summed E-state index contributed by atoms with van der Waals surface area (Å²) in [4.78, 5) is 0. The van der Waals surface area contributed by atoms with Crippen LogP contribution in [0.2, 0.25) is 0 Å². The van der Waals surface area contributed by atoms with Crippen LogP contribution < -0.4 is 0 Å². The van der Waals surface area contributed by atoms with Crippen molar-refractivity contribution in [2.45, 2.75) is 63.7 Å². The molecule has 0 aliphatic heterocycles. The first-order chi connectivity index (χ1) is 14.2. The lowest BCUT2D eigenvalue weighted by molar-refractivity contribution is 0.405. The molecular weight excluding hydrogens is 356 g/mol. The monoisotopic (exact) mass is 390 g/mol. The molecule has 0 heterocycles. The van der Waals surface area contributed by atoms with Crippen LogP contribution >= 0.6 is 0 Å². The van der Waals surface area contributed by atoms with E-state index in [0.29, 0.717) is 5.92 Å². The molecule has 0 aromatic heterocycles. The zero-order chi connectivity index (χ0) is 20.5. The van der Waals surface area contributed by atoms with Crippen molar-refractivity contribution in [2.24, 2.45) is 5.92 Å². The van der Waals surface area contributed by atoms with Gasteiger partial charge in [0.15, 0.2) is 0 Å². The van der Waals surface area contributed by atoms with Crippen LogP contribution in [0, 0.1) is 5.92 Å². The number of rotatable bonds is 10. The maximum Gasteiger partial charge on any atom is 0.115 e. The van der Waals surface area contributed by atoms with E-state index in [9.17, 15) is 10.2 Å². The number of aromatic hydroxyl groups is 2. The first-order valence-electron chi connectivity index (χ1n) is 11.1. The highest BCUT2D eigenvalue weighted by atomic mass is 16.3. The Labute approximate surface area is 175 Å². The molecule has 3 rings (SSSR count). The molecule has 0 spiro atoms. The van der Waals surface area contributed by atoms with E-state index >= 15 is 0 Å². The molecular formula is C27H34O2. The predicted molar refractivity (Wildman–Crippen MR) is 121 cm³/mol. The molecule has 0 amide bonds. The average Bonchev–Trinajstić information content (AvgIpc) is 2.74. The van der Waals surface area contributed by atoms with Crippen molar-refractivity contribution in [3.8, 4) is 11.5 Å². The summed E-state index contributed by atoms with van der Waals surface area (Å²) >= 11 is 0. The topological polar surface area (TPSA) is 40.5 Å². The van der Waals surface area contributed by atoms with Crippen LogP contribution in [0.5, 0.6) is 11.5 Å². The molecule has 154 valence electrons. The van der Waals surface area contributed by atoms with Gasteiger partial charge >= 0.3 is 0 Å². The van der Waals surface area contributed by atoms with E-state index in [1.807, 2.05) is 24.3 Å². The summed E-state index contributed by atoms with van der Waals surface area (Å²) in [6.07, 6.45) is 19.2. The maximum absolute atomic E-state index is 9.81. The van der Waals surface area contributed by atoms with E-state index in [0.717, 1.165) is 6.42 Å². The first kappa shape index (κ1) is 21.2. The number of allylic oxidation sites excluding steroid dienone is 4. The summed E-state index contributed by atoms with van der Waals surface area (Å²) in [5.41, 5.74) is 2.07. The van der Waals surface area contributed by atoms with Gasteiger partial charge in [0.05, 0.1) is 0 Å². The lowest BCUT2D eigenvalue weighted by atomic mass is 9.62. The molecule has 0 bridgehead atoms. The highest BCUT2D eigenvalue weighted by Crippen LogP contribution is 2.46. The van der Waals surface area contributed by atoms with Crippen molar-refractivity contribution in [3.05, 3.63) is 84.0 Å². The van der Waals surface area contributed by atoms with Crippen LogP contribution in [0.1, 0.15) is 69.4 Å². The van der Waals surface area contributed by atoms with Crippen LogP contribution in [-0.4, -0.2) is 10.2 Å². The Morgan fingerprint density at radius 3 is 1.76 bits per heavy atom. The Hall–Kier alpha value is -2.48. The summed E-state index contributed by atoms with van der Waals surface area (Å²) in [6, 6.07) is 15.2. The van der Waals surface area contributed by atoms with Gasteiger partial charge in [-0.15, -0.1) is 0 Å². The summed E-state index contributed by atoms with van der Waals surface area (Å²) in [5, 5.41) is 19.6. The van der Waals surface area contributed by atoms with Crippen molar-refractivity contribution < 1.29 is 10.2 Å². The van der Waals surface area contributed by atoms with E-state index in [4.69, 9.17) is 0 Å². The second-order valence-corrected chi connectivity index (χ2v) is 8.22. The van der Waals surface area contributed by atoms with Crippen molar-refractivity contribution >= 4 is 0 Å². The van der Waals surface area contributed by atoms with Gasteiger partial charge in [-0.2, -0.15) is 0 Å². The van der Waals surface area contributed by atoms with Crippen LogP contribution in [0.15, 0.2) is 72.8 Å². The largest absolute Gasteiger partial charge is 0.508 e. The van der Waals surface area contributed by atoms with Gasteiger partial charge in [0.1, 0.15) is 11.5 Å². The van der Waals surface area contributed by atoms with Crippen molar-refractivity contribution in [1.29, 1.82) is 0 Å². The SMILES string of the molecule is CCCCCCCCCC1C=CC=CC1(c1ccc(O)cc1)c1ccc(O)cc1. The molecule has 2 N–H and O–H groups in total. The third kappa shape index (κ3) is 5.12. The van der Waals surface area contributed by atoms with E-state index in [-0.39, 0.29) is 16.9 Å². The van der Waals surface area contributed by atoms with Crippen molar-refractivity contribution in [3.63, 3.8) is 0 Å². The van der Waals surface area contributed by atoms with E-state index in [1.54, 1.807) is 24.3 Å². The summed E-state index contributed by atoms with van der Waals surface area (Å²) in [5.74, 6) is 0.916. The molecule has 2 nitrogen and oxygen atoms in total. The van der Waals surface area contributed by atoms with Gasteiger partial charge in [-0.3, -0.25) is 0 Å². The molecule has 2 aromatic rings. The third-order valence-corrected chi connectivity index (χ3v) is 6.21. The lowest BCUT2D eigenvalue weighted by Gasteiger charge is -2.40. The predicted octanol–water partition coefficient (Wildman–Crippen LogP) is 7.27. The molecule has 0 saturated heterocycles. The van der Waals surface area contributed by atoms with E-state index in [2.05, 4.69) is 31.2 Å². The van der Waals surface area contributed by atoms with Crippen LogP contribution in [0.3, 0.4) is 0 Å². The number of hydrogen-bond acceptors (Lipinski definition) is 2. The highest BCUT2D eigenvalue weighted by Gasteiger charge is 2.39. The first-order valence-corrected chi connectivity index (χ1v) is 11.1. The molecule has 2 aromatic carbocycles. The smallest absolute Gasteiger partial charge is 0.115 e. The van der Waals surface area contributed by atoms with Gasteiger partial charge in [0.25, 0.3) is 0 Å². The van der Waals surface area contributed by atoms with E-state index in [1.165, 1.54) is 56.1 Å². The molecule has 2 heteroatoms. The van der Waals surface area contributed by atoms with Gasteiger partial charge in [-0.1, -0.05) is 100 Å². The molecule has 29 heavy (non-hydrogen) atoms. The van der Waals surface area contributed by atoms with Crippen molar-refractivity contribution in [2.75, 3.05) is 0 Å². The standard InChI is InChI=1S/C27H34O2/c1-2-3-4-5-6-7-8-11-22-12-9-10-21-27(22,23-13-17-25(28)18-14-23)24-15-19-26(29)20-16-24/h9-10,12-22,28-29H,2-8,11H2,1H3. The summed E-state index contributed by atoms with van der Waals surface area (Å²) in [7, 11) is 0. The summed E-state index contributed by atoms with van der Waals surface area (Å²) in [6.45, 7) is 2.26. The fraction of sp³-hybridized carbons (Fsp3) is 0.407. The average molecular weight is 391 g/mol. The maximum atomic E-state index is 9.81. The van der Waals surface area contributed by atoms with Gasteiger partial charge in [0.2, 0.25) is 0 Å². The minimum atomic E-state index is -0.279. The third-order valence-electron chi connectivity index (χ3n) is 6.21. The number of phenols is 2. The zero-order valence-electron chi connectivity index (χ0n) is 17.6. The van der Waals surface area contributed by atoms with E-state index < -0.39 is 0 Å². The Morgan fingerprint density at radius 1 is 0.690 bits per heavy atom. The summed E-state index contributed by atoms with van der Waals surface area (Å²) < 4.78 is 0. The lowest BCUT2D eigenvalue weighted by Crippen LogP contribution is -2.35. The normalized spacial score (nSPS) is 17.5. The zero-order valence-corrected chi connectivity index (χ0v) is 17.6. The molecule has 1 atom stereocenters. The second kappa shape index (κ2) is 10.3. The Balaban J connectivity index is 1.82. The minimum Gasteiger partial charge on any atom is -0.508 e. The number of phenolic OH excluding ortho intramolecular Hbond substituents is 2. The van der Waals surface area contributed by atoms with Crippen LogP contribution in [-0.2, 0) is 5.41 Å². The fourth-order valence-corrected chi connectivity index (χ4v) is 4.59. The molecule has 1 aliphatic rings. The van der Waals surface area contributed by atoms with Gasteiger partial charge in [0, 0.05) is 5.41 Å². The molecule has 1 aliphatic carbocycles. The van der Waals surface area contributed by atoms with Crippen LogP contribution in [0.4, 0.5) is 0 Å². The highest BCUT2D eigenvalue weighted by molar-refractivity contribution is 5.51. The molecule has 0 radical (unpaired) electrons. The Bertz CT molecular complexity index is 754. The Morgan fingerprint density at radius 2 is 1.21 bits per heavy atom. The molecule has 0 fully saturated rings. The van der Waals surface area contributed by atoms with Crippen molar-refractivity contribution in [1.82, 2.24) is 0 Å². The van der Waals surface area contributed by atoms with Crippen LogP contribution in [0.25, 0.3) is 0 Å². The molecule has 0 saturated carbocycles. The minimum absolute atomic E-state index is 0.279.